The molecule has 2 rings (SSSR count). The lowest BCUT2D eigenvalue weighted by molar-refractivity contribution is -0.154. The van der Waals surface area contributed by atoms with E-state index in [-0.39, 0.29) is 6.61 Å². The van der Waals surface area contributed by atoms with Crippen molar-refractivity contribution < 1.29 is 19.1 Å². The summed E-state index contributed by atoms with van der Waals surface area (Å²) in [5.41, 5.74) is 0.590. The van der Waals surface area contributed by atoms with Gasteiger partial charge in [-0.25, -0.2) is 4.31 Å². The predicted molar refractivity (Wildman–Crippen MR) is 69.8 cm³/mol. The van der Waals surface area contributed by atoms with Crippen LogP contribution >= 0.6 is 12.1 Å². The van der Waals surface area contributed by atoms with E-state index in [1.807, 2.05) is 6.07 Å². The number of nitrogens with zero attached hydrogens (tertiary/aromatic N) is 1. The van der Waals surface area contributed by atoms with Gasteiger partial charge in [0.2, 0.25) is 5.92 Å². The number of amides is 2. The van der Waals surface area contributed by atoms with Crippen LogP contribution in [0.5, 0.6) is 0 Å². The van der Waals surface area contributed by atoms with Crippen molar-refractivity contribution in [3.05, 3.63) is 30.3 Å². The second-order valence-corrected chi connectivity index (χ2v) is 4.46. The molecule has 1 aromatic carbocycles. The summed E-state index contributed by atoms with van der Waals surface area (Å²) < 4.78 is 8.45. The first-order valence-electron chi connectivity index (χ1n) is 5.67. The number of carbonyl (C=O) groups excluding carboxylic acids is 3. The molecule has 1 saturated heterocycles. The zero-order chi connectivity index (χ0) is 13.8. The van der Waals surface area contributed by atoms with Crippen molar-refractivity contribution in [1.82, 2.24) is 4.72 Å². The maximum absolute atomic E-state index is 12.2. The first-order valence-corrected chi connectivity index (χ1v) is 6.45. The maximum atomic E-state index is 12.2. The third-order valence-electron chi connectivity index (χ3n) is 2.46. The number of rotatable bonds is 3. The first-order chi connectivity index (χ1) is 9.15. The van der Waals surface area contributed by atoms with E-state index in [4.69, 9.17) is 4.74 Å². The minimum Gasteiger partial charge on any atom is -0.465 e. The summed E-state index contributed by atoms with van der Waals surface area (Å²) in [5, 5.41) is 0. The molecule has 1 atom stereocenters. The summed E-state index contributed by atoms with van der Waals surface area (Å²) in [5.74, 6) is -3.52. The van der Waals surface area contributed by atoms with E-state index >= 15 is 0 Å². The first kappa shape index (κ1) is 13.4. The molecule has 100 valence electrons. The zero-order valence-electron chi connectivity index (χ0n) is 10.2. The minimum absolute atomic E-state index is 0.119. The largest absolute Gasteiger partial charge is 0.465 e. The molecule has 1 aromatic rings. The Morgan fingerprint density at radius 3 is 2.68 bits per heavy atom. The highest BCUT2D eigenvalue weighted by molar-refractivity contribution is 8.00. The monoisotopic (exact) mass is 280 g/mol. The number of esters is 1. The Bertz CT molecular complexity index is 506. The van der Waals surface area contributed by atoms with Crippen LogP contribution in [0.15, 0.2) is 30.3 Å². The van der Waals surface area contributed by atoms with Crippen molar-refractivity contribution in [3.63, 3.8) is 0 Å². The van der Waals surface area contributed by atoms with Gasteiger partial charge in [-0.2, -0.15) is 0 Å². The number of nitrogens with one attached hydrogen (secondary N) is 1. The summed E-state index contributed by atoms with van der Waals surface area (Å²) in [7, 11) is 0. The van der Waals surface area contributed by atoms with E-state index in [2.05, 4.69) is 4.72 Å². The number of para-hydroxylation sites is 1. The third kappa shape index (κ3) is 2.70. The average Bonchev–Trinajstić information content (AvgIpc) is 2.40. The molecule has 2 amide bonds. The number of hydrogen-bond acceptors (Lipinski definition) is 5. The van der Waals surface area contributed by atoms with Crippen LogP contribution in [0.25, 0.3) is 0 Å². The van der Waals surface area contributed by atoms with Gasteiger partial charge in [-0.1, -0.05) is 18.2 Å². The second kappa shape index (κ2) is 5.75. The summed E-state index contributed by atoms with van der Waals surface area (Å²) in [4.78, 5) is 35.5. The minimum atomic E-state index is -1.44. The Hall–Kier alpha value is -2.02. The molecule has 0 radical (unpaired) electrons. The van der Waals surface area contributed by atoms with E-state index in [1.165, 1.54) is 4.31 Å². The van der Waals surface area contributed by atoms with Crippen LogP contribution in [0.2, 0.25) is 0 Å². The maximum Gasteiger partial charge on any atom is 0.328 e. The molecule has 0 bridgehead atoms. The fourth-order valence-electron chi connectivity index (χ4n) is 1.60. The molecular weight excluding hydrogens is 268 g/mol. The lowest BCUT2D eigenvalue weighted by Crippen LogP contribution is -2.50. The number of hydrogen-bond donors (Lipinski definition) is 1. The van der Waals surface area contributed by atoms with Crippen molar-refractivity contribution in [2.75, 3.05) is 10.9 Å². The van der Waals surface area contributed by atoms with Gasteiger partial charge in [0.15, 0.2) is 0 Å². The molecule has 1 fully saturated rings. The number of ether oxygens (including phenoxy) is 1. The molecule has 19 heavy (non-hydrogen) atoms. The molecular formula is C12H12N2O4S. The fourth-order valence-corrected chi connectivity index (χ4v) is 2.32. The van der Waals surface area contributed by atoms with Crippen LogP contribution in [0.1, 0.15) is 6.92 Å². The van der Waals surface area contributed by atoms with Gasteiger partial charge in [0.25, 0.3) is 11.8 Å². The van der Waals surface area contributed by atoms with Gasteiger partial charge in [-0.15, -0.1) is 0 Å². The number of benzene rings is 1. The lowest BCUT2D eigenvalue weighted by atomic mass is 10.1. The Labute approximate surface area is 114 Å². The molecule has 1 heterocycles. The summed E-state index contributed by atoms with van der Waals surface area (Å²) >= 11 is 0.848. The smallest absolute Gasteiger partial charge is 0.328 e. The second-order valence-electron chi connectivity index (χ2n) is 3.71. The van der Waals surface area contributed by atoms with Crippen molar-refractivity contribution in [1.29, 1.82) is 0 Å². The van der Waals surface area contributed by atoms with Crippen LogP contribution < -0.4 is 9.03 Å². The van der Waals surface area contributed by atoms with Crippen LogP contribution in [-0.4, -0.2) is 24.4 Å². The Balaban J connectivity index is 2.24. The molecule has 0 aliphatic carbocycles. The van der Waals surface area contributed by atoms with Gasteiger partial charge in [0.1, 0.15) is 0 Å². The molecule has 1 aliphatic heterocycles. The van der Waals surface area contributed by atoms with Gasteiger partial charge >= 0.3 is 5.97 Å². The molecule has 1 aliphatic rings. The SMILES string of the molecule is CCOC(=O)C1C(=O)NSN(c2ccccc2)C1=O. The molecule has 7 heteroatoms. The molecule has 0 spiro atoms. The van der Waals surface area contributed by atoms with Crippen LogP contribution in [-0.2, 0) is 19.1 Å². The summed E-state index contributed by atoms with van der Waals surface area (Å²) in [6.07, 6.45) is 0. The molecule has 1 unspecified atom stereocenters. The van der Waals surface area contributed by atoms with E-state index in [0.29, 0.717) is 5.69 Å². The van der Waals surface area contributed by atoms with Crippen molar-refractivity contribution >= 4 is 35.6 Å². The highest BCUT2D eigenvalue weighted by Crippen LogP contribution is 2.27. The number of carbonyl (C=O) groups is 3. The Morgan fingerprint density at radius 2 is 2.05 bits per heavy atom. The van der Waals surface area contributed by atoms with Gasteiger partial charge < -0.3 is 4.74 Å². The van der Waals surface area contributed by atoms with Gasteiger partial charge in [-0.3, -0.25) is 19.1 Å². The van der Waals surface area contributed by atoms with Crippen molar-refractivity contribution in [2.24, 2.45) is 5.92 Å². The van der Waals surface area contributed by atoms with Crippen molar-refractivity contribution in [2.45, 2.75) is 6.92 Å². The van der Waals surface area contributed by atoms with E-state index in [9.17, 15) is 14.4 Å². The van der Waals surface area contributed by atoms with Crippen LogP contribution in [0.4, 0.5) is 5.69 Å². The summed E-state index contributed by atoms with van der Waals surface area (Å²) in [6, 6.07) is 8.76. The van der Waals surface area contributed by atoms with Crippen LogP contribution in [0.3, 0.4) is 0 Å². The van der Waals surface area contributed by atoms with E-state index < -0.39 is 23.7 Å². The van der Waals surface area contributed by atoms with Crippen molar-refractivity contribution in [3.8, 4) is 0 Å². The fraction of sp³-hybridized carbons (Fsp3) is 0.250. The lowest BCUT2D eigenvalue weighted by Gasteiger charge is -2.29. The third-order valence-corrected chi connectivity index (χ3v) is 3.33. The average molecular weight is 280 g/mol. The summed E-state index contributed by atoms with van der Waals surface area (Å²) in [6.45, 7) is 1.74. The van der Waals surface area contributed by atoms with E-state index in [1.54, 1.807) is 31.2 Å². The van der Waals surface area contributed by atoms with Gasteiger partial charge in [0, 0.05) is 0 Å². The normalized spacial score (nSPS) is 19.0. The zero-order valence-corrected chi connectivity index (χ0v) is 11.0. The Kier molecular flexibility index (Phi) is 4.06. The van der Waals surface area contributed by atoms with E-state index in [0.717, 1.165) is 12.1 Å². The predicted octanol–water partition coefficient (Wildman–Crippen LogP) is 0.892. The standard InChI is InChI=1S/C12H12N2O4S/c1-2-18-12(17)9-10(15)13-19-14(11(9)16)8-6-4-3-5-7-8/h3-7,9H,2H2,1H3,(H,13,15). The van der Waals surface area contributed by atoms with Gasteiger partial charge in [0.05, 0.1) is 24.4 Å². The topological polar surface area (TPSA) is 75.7 Å². The van der Waals surface area contributed by atoms with Gasteiger partial charge in [-0.05, 0) is 19.1 Å². The Morgan fingerprint density at radius 1 is 1.37 bits per heavy atom. The molecule has 0 saturated carbocycles. The number of anilines is 1. The molecule has 1 N–H and O–H groups in total. The molecule has 0 aromatic heterocycles. The quantitative estimate of drug-likeness (QED) is 0.505. The highest BCUT2D eigenvalue weighted by atomic mass is 32.2. The van der Waals surface area contributed by atoms with Crippen LogP contribution in [0, 0.1) is 5.92 Å². The molecule has 6 nitrogen and oxygen atoms in total. The highest BCUT2D eigenvalue weighted by Gasteiger charge is 2.43.